The first-order valence-electron chi connectivity index (χ1n) is 8.84. The van der Waals surface area contributed by atoms with Crippen LogP contribution in [0.5, 0.6) is 0 Å². The quantitative estimate of drug-likeness (QED) is 0.314. The van der Waals surface area contributed by atoms with Crippen molar-refractivity contribution in [2.75, 3.05) is 0 Å². The molecule has 0 saturated heterocycles. The molecule has 0 saturated carbocycles. The Bertz CT molecular complexity index is 781. The molecule has 0 aliphatic rings. The molecule has 3 aromatic rings. The lowest BCUT2D eigenvalue weighted by Gasteiger charge is -2.36. The molecule has 0 radical (unpaired) electrons. The topological polar surface area (TPSA) is 0 Å². The number of rotatable bonds is 6. The minimum absolute atomic E-state index is 0.350. The van der Waals surface area contributed by atoms with Crippen LogP contribution in [0.15, 0.2) is 72.8 Å². The lowest BCUT2D eigenvalue weighted by atomic mass is 9.66. The van der Waals surface area contributed by atoms with Gasteiger partial charge in [-0.15, -0.1) is 0 Å². The van der Waals surface area contributed by atoms with Crippen molar-refractivity contribution in [1.29, 1.82) is 0 Å². The van der Waals surface area contributed by atoms with Crippen LogP contribution in [0.25, 0.3) is 0 Å². The van der Waals surface area contributed by atoms with Gasteiger partial charge in [-0.2, -0.15) is 0 Å². The van der Waals surface area contributed by atoms with Crippen LogP contribution in [0, 0.1) is 0 Å². The van der Waals surface area contributed by atoms with Crippen molar-refractivity contribution in [3.05, 3.63) is 105 Å². The maximum atomic E-state index is 6.37. The van der Waals surface area contributed by atoms with Crippen LogP contribution in [-0.4, -0.2) is 7.85 Å². The van der Waals surface area contributed by atoms with Gasteiger partial charge in [-0.3, -0.25) is 0 Å². The predicted octanol–water partition coefficient (Wildman–Crippen LogP) is 6.81. The molecule has 3 rings (SSSR count). The number of hydrogen-bond acceptors (Lipinski definition) is 0. The van der Waals surface area contributed by atoms with Gasteiger partial charge in [-0.25, -0.2) is 0 Å². The molecule has 26 heavy (non-hydrogen) atoms. The summed E-state index contributed by atoms with van der Waals surface area (Å²) in [5.41, 5.74) is 3.12. The van der Waals surface area contributed by atoms with Gasteiger partial charge in [0.15, 0.2) is 0 Å². The maximum absolute atomic E-state index is 6.37. The lowest BCUT2D eigenvalue weighted by molar-refractivity contribution is 0.550. The first-order chi connectivity index (χ1) is 12.6. The Morgan fingerprint density at radius 1 is 0.654 bits per heavy atom. The van der Waals surface area contributed by atoms with Crippen molar-refractivity contribution < 1.29 is 0 Å². The molecule has 3 aromatic carbocycles. The van der Waals surface area contributed by atoms with E-state index in [1.807, 2.05) is 36.4 Å². The monoisotopic (exact) mass is 400 g/mol. The summed E-state index contributed by atoms with van der Waals surface area (Å²) in [5.74, 6) is 0. The SMILES string of the molecule is BCCCC(c1cccc(Cl)c1)(c1cccc(Cl)c1)c1cccc(Cl)c1. The Labute approximate surface area is 171 Å². The van der Waals surface area contributed by atoms with Crippen molar-refractivity contribution in [1.82, 2.24) is 0 Å². The highest BCUT2D eigenvalue weighted by Gasteiger charge is 2.36. The van der Waals surface area contributed by atoms with E-state index in [1.54, 1.807) is 0 Å². The Hall–Kier alpha value is -1.41. The molecule has 0 unspecified atom stereocenters. The lowest BCUT2D eigenvalue weighted by Crippen LogP contribution is -2.29. The van der Waals surface area contributed by atoms with E-state index in [0.717, 1.165) is 50.9 Å². The van der Waals surface area contributed by atoms with Crippen molar-refractivity contribution >= 4 is 42.6 Å². The number of halogens is 3. The third-order valence-corrected chi connectivity index (χ3v) is 5.56. The van der Waals surface area contributed by atoms with Crippen molar-refractivity contribution in [3.63, 3.8) is 0 Å². The van der Waals surface area contributed by atoms with E-state index in [4.69, 9.17) is 34.8 Å². The first-order valence-corrected chi connectivity index (χ1v) is 9.98. The summed E-state index contributed by atoms with van der Waals surface area (Å²) >= 11 is 19.1. The average Bonchev–Trinajstić information content (AvgIpc) is 2.63. The van der Waals surface area contributed by atoms with Crippen LogP contribution in [0.4, 0.5) is 0 Å². The van der Waals surface area contributed by atoms with Crippen LogP contribution >= 0.6 is 34.8 Å². The molecule has 0 atom stereocenters. The van der Waals surface area contributed by atoms with Crippen LogP contribution in [-0.2, 0) is 5.41 Å². The van der Waals surface area contributed by atoms with E-state index in [0.29, 0.717) is 0 Å². The van der Waals surface area contributed by atoms with Gasteiger partial charge in [0.1, 0.15) is 7.85 Å². The van der Waals surface area contributed by atoms with Crippen LogP contribution in [0.1, 0.15) is 29.5 Å². The van der Waals surface area contributed by atoms with E-state index in [2.05, 4.69) is 44.2 Å². The van der Waals surface area contributed by atoms with Gasteiger partial charge in [0.2, 0.25) is 0 Å². The van der Waals surface area contributed by atoms with Crippen molar-refractivity contribution in [2.45, 2.75) is 24.6 Å². The summed E-state index contributed by atoms with van der Waals surface area (Å²) in [6.07, 6.45) is 3.12. The Morgan fingerprint density at radius 3 is 1.35 bits per heavy atom. The molecule has 0 fully saturated rings. The normalized spacial score (nSPS) is 11.5. The smallest absolute Gasteiger partial charge is 0.0843 e. The second-order valence-corrected chi connectivity index (χ2v) is 7.85. The van der Waals surface area contributed by atoms with E-state index in [-0.39, 0.29) is 5.41 Å². The highest BCUT2D eigenvalue weighted by atomic mass is 35.5. The molecule has 132 valence electrons. The average molecular weight is 402 g/mol. The molecule has 0 aliphatic carbocycles. The molecule has 0 spiro atoms. The van der Waals surface area contributed by atoms with Crippen molar-refractivity contribution in [2.24, 2.45) is 0 Å². The summed E-state index contributed by atoms with van der Waals surface area (Å²) in [4.78, 5) is 0. The zero-order chi connectivity index (χ0) is 18.6. The first kappa shape index (κ1) is 19.4. The largest absolute Gasteiger partial charge is 0.101 e. The second-order valence-electron chi connectivity index (χ2n) is 6.54. The third-order valence-electron chi connectivity index (χ3n) is 4.86. The third kappa shape index (κ3) is 3.96. The molecular weight excluding hydrogens is 381 g/mol. The summed E-state index contributed by atoms with van der Waals surface area (Å²) in [6, 6.07) is 24.3. The number of hydrogen-bond donors (Lipinski definition) is 0. The van der Waals surface area contributed by atoms with Gasteiger partial charge in [0, 0.05) is 20.5 Å². The molecule has 0 aromatic heterocycles. The Balaban J connectivity index is 2.34. The molecule has 0 heterocycles. The van der Waals surface area contributed by atoms with Gasteiger partial charge in [-0.1, -0.05) is 83.9 Å². The minimum Gasteiger partial charge on any atom is -0.0843 e. The molecule has 0 amide bonds. The molecular formula is C22H20BCl3. The van der Waals surface area contributed by atoms with Crippen LogP contribution < -0.4 is 0 Å². The Kier molecular flexibility index (Phi) is 6.35. The molecule has 0 aliphatic heterocycles. The predicted molar refractivity (Wildman–Crippen MR) is 117 cm³/mol. The maximum Gasteiger partial charge on any atom is 0.101 e. The fourth-order valence-electron chi connectivity index (χ4n) is 3.64. The van der Waals surface area contributed by atoms with E-state index in [9.17, 15) is 0 Å². The fourth-order valence-corrected chi connectivity index (χ4v) is 4.21. The van der Waals surface area contributed by atoms with Gasteiger partial charge < -0.3 is 0 Å². The van der Waals surface area contributed by atoms with E-state index in [1.165, 1.54) is 0 Å². The number of benzene rings is 3. The fraction of sp³-hybridized carbons (Fsp3) is 0.182. The second kappa shape index (κ2) is 8.52. The summed E-state index contributed by atoms with van der Waals surface area (Å²) < 4.78 is 0. The highest BCUT2D eigenvalue weighted by molar-refractivity contribution is 6.31. The van der Waals surface area contributed by atoms with Crippen LogP contribution in [0.2, 0.25) is 21.4 Å². The van der Waals surface area contributed by atoms with E-state index >= 15 is 0 Å². The molecule has 0 N–H and O–H groups in total. The van der Waals surface area contributed by atoms with Crippen LogP contribution in [0.3, 0.4) is 0 Å². The zero-order valence-electron chi connectivity index (χ0n) is 14.7. The summed E-state index contributed by atoms with van der Waals surface area (Å²) in [7, 11) is 2.21. The summed E-state index contributed by atoms with van der Waals surface area (Å²) in [6.45, 7) is 0. The Morgan fingerprint density at radius 2 is 1.04 bits per heavy atom. The van der Waals surface area contributed by atoms with Gasteiger partial charge in [0.05, 0.1) is 0 Å². The highest BCUT2D eigenvalue weighted by Crippen LogP contribution is 2.45. The van der Waals surface area contributed by atoms with Crippen molar-refractivity contribution in [3.8, 4) is 0 Å². The standard InChI is InChI=1S/C22H20BCl3/c23-12-4-11-22(16-5-1-8-19(24)13-16,17-6-2-9-20(25)14-17)18-7-3-10-21(26)15-18/h1-3,5-10,13-15H,4,11-12,23H2. The van der Waals surface area contributed by atoms with Gasteiger partial charge >= 0.3 is 0 Å². The summed E-state index contributed by atoms with van der Waals surface area (Å²) in [5, 5.41) is 2.19. The molecule has 4 heteroatoms. The van der Waals surface area contributed by atoms with Gasteiger partial charge in [-0.05, 0) is 59.5 Å². The molecule has 0 nitrogen and oxygen atoms in total. The molecule has 0 bridgehead atoms. The van der Waals surface area contributed by atoms with E-state index < -0.39 is 0 Å². The van der Waals surface area contributed by atoms with Gasteiger partial charge in [0.25, 0.3) is 0 Å². The minimum atomic E-state index is -0.350. The zero-order valence-corrected chi connectivity index (χ0v) is 17.0.